The maximum atomic E-state index is 11.8. The Bertz CT molecular complexity index is 577. The van der Waals surface area contributed by atoms with Crippen LogP contribution in [0.15, 0.2) is 35.1 Å². The summed E-state index contributed by atoms with van der Waals surface area (Å²) >= 11 is 3.38. The van der Waals surface area contributed by atoms with Crippen molar-refractivity contribution in [3.8, 4) is 5.75 Å². The molecule has 0 aliphatic rings. The van der Waals surface area contributed by atoms with Gasteiger partial charge in [0.15, 0.2) is 0 Å². The van der Waals surface area contributed by atoms with Crippen molar-refractivity contribution in [2.75, 3.05) is 5.33 Å². The van der Waals surface area contributed by atoms with Gasteiger partial charge in [0.2, 0.25) is 0 Å². The van der Waals surface area contributed by atoms with Crippen molar-refractivity contribution in [3.05, 3.63) is 40.7 Å². The summed E-state index contributed by atoms with van der Waals surface area (Å²) in [4.78, 5) is 11.8. The van der Waals surface area contributed by atoms with E-state index in [1.807, 2.05) is 6.07 Å². The number of nitrogens with zero attached hydrogens (tertiary/aromatic N) is 1. The lowest BCUT2D eigenvalue weighted by atomic mass is 10.2. The van der Waals surface area contributed by atoms with E-state index in [9.17, 15) is 9.90 Å². The first-order valence-corrected chi connectivity index (χ1v) is 6.73. The summed E-state index contributed by atoms with van der Waals surface area (Å²) in [5.74, 6) is 0.192. The van der Waals surface area contributed by atoms with Gasteiger partial charge in [-0.15, -0.1) is 0 Å². The number of aromatic nitrogens is 1. The highest BCUT2D eigenvalue weighted by molar-refractivity contribution is 9.09. The van der Waals surface area contributed by atoms with Crippen LogP contribution in [0.1, 0.15) is 12.8 Å². The van der Waals surface area contributed by atoms with Gasteiger partial charge in [-0.1, -0.05) is 15.9 Å². The van der Waals surface area contributed by atoms with Crippen LogP contribution in [0.25, 0.3) is 10.9 Å². The van der Waals surface area contributed by atoms with Gasteiger partial charge < -0.3 is 9.67 Å². The van der Waals surface area contributed by atoms with Crippen LogP contribution in [0.3, 0.4) is 0 Å². The molecule has 0 unspecified atom stereocenters. The molecular weight excluding hydrogens is 282 g/mol. The maximum absolute atomic E-state index is 11.8. The topological polar surface area (TPSA) is 42.2 Å². The first kappa shape index (κ1) is 12.2. The third-order valence-corrected chi connectivity index (χ3v) is 3.30. The minimum Gasteiger partial charge on any atom is -0.508 e. The molecule has 0 amide bonds. The lowest BCUT2D eigenvalue weighted by molar-refractivity contribution is 0.475. The van der Waals surface area contributed by atoms with Gasteiger partial charge in [-0.25, -0.2) is 0 Å². The molecule has 1 aromatic heterocycles. The Morgan fingerprint density at radius 3 is 2.71 bits per heavy atom. The largest absolute Gasteiger partial charge is 0.508 e. The van der Waals surface area contributed by atoms with E-state index in [4.69, 9.17) is 0 Å². The summed E-state index contributed by atoms with van der Waals surface area (Å²) < 4.78 is 1.72. The monoisotopic (exact) mass is 295 g/mol. The summed E-state index contributed by atoms with van der Waals surface area (Å²) in [6.07, 6.45) is 1.97. The average Bonchev–Trinajstić information content (AvgIpc) is 2.32. The van der Waals surface area contributed by atoms with Gasteiger partial charge in [0.25, 0.3) is 5.56 Å². The molecule has 0 aliphatic carbocycles. The van der Waals surface area contributed by atoms with E-state index in [2.05, 4.69) is 15.9 Å². The summed E-state index contributed by atoms with van der Waals surface area (Å²) in [6, 6.07) is 8.47. The van der Waals surface area contributed by atoms with Crippen molar-refractivity contribution < 1.29 is 5.11 Å². The number of alkyl halides is 1. The first-order chi connectivity index (χ1) is 8.22. The first-order valence-electron chi connectivity index (χ1n) is 5.61. The van der Waals surface area contributed by atoms with Gasteiger partial charge in [0, 0.05) is 24.0 Å². The molecule has 0 spiro atoms. The second-order valence-electron chi connectivity index (χ2n) is 3.96. The molecule has 0 fully saturated rings. The Morgan fingerprint density at radius 2 is 1.94 bits per heavy atom. The molecule has 1 aromatic carbocycles. The molecule has 4 heteroatoms. The van der Waals surface area contributed by atoms with Gasteiger partial charge in [-0.2, -0.15) is 0 Å². The third kappa shape index (κ3) is 2.69. The van der Waals surface area contributed by atoms with Gasteiger partial charge in [-0.3, -0.25) is 4.79 Å². The third-order valence-electron chi connectivity index (χ3n) is 2.74. The van der Waals surface area contributed by atoms with Crippen LogP contribution in [-0.4, -0.2) is 15.0 Å². The molecule has 2 aromatic rings. The van der Waals surface area contributed by atoms with Crippen LogP contribution >= 0.6 is 15.9 Å². The second kappa shape index (κ2) is 5.36. The fourth-order valence-corrected chi connectivity index (χ4v) is 2.27. The normalized spacial score (nSPS) is 10.9. The van der Waals surface area contributed by atoms with E-state index in [1.54, 1.807) is 28.8 Å². The number of hydrogen-bond acceptors (Lipinski definition) is 2. The van der Waals surface area contributed by atoms with Crippen molar-refractivity contribution in [2.24, 2.45) is 0 Å². The highest BCUT2D eigenvalue weighted by Crippen LogP contribution is 2.18. The molecule has 17 heavy (non-hydrogen) atoms. The zero-order chi connectivity index (χ0) is 12.3. The van der Waals surface area contributed by atoms with Crippen LogP contribution in [0.5, 0.6) is 5.75 Å². The number of aromatic hydroxyl groups is 1. The molecule has 0 radical (unpaired) electrons. The van der Waals surface area contributed by atoms with Crippen molar-refractivity contribution in [3.63, 3.8) is 0 Å². The number of pyridine rings is 1. The van der Waals surface area contributed by atoms with E-state index >= 15 is 0 Å². The highest BCUT2D eigenvalue weighted by Gasteiger charge is 2.03. The standard InChI is InChI=1S/C13H14BrNO2/c14-7-1-2-8-15-12-9-11(16)5-3-10(12)4-6-13(15)17/h3-6,9,16H,1-2,7-8H2. The Hall–Kier alpha value is -1.29. The Balaban J connectivity index is 2.47. The van der Waals surface area contributed by atoms with Crippen LogP contribution < -0.4 is 5.56 Å². The van der Waals surface area contributed by atoms with Crippen molar-refractivity contribution in [1.29, 1.82) is 0 Å². The second-order valence-corrected chi connectivity index (χ2v) is 4.76. The molecule has 0 saturated carbocycles. The van der Waals surface area contributed by atoms with Crippen molar-refractivity contribution >= 4 is 26.8 Å². The number of fused-ring (bicyclic) bond motifs is 1. The minimum atomic E-state index is -0.0160. The van der Waals surface area contributed by atoms with Crippen LogP contribution in [0.2, 0.25) is 0 Å². The number of benzene rings is 1. The molecule has 0 bridgehead atoms. The zero-order valence-corrected chi connectivity index (χ0v) is 11.0. The van der Waals surface area contributed by atoms with E-state index < -0.39 is 0 Å². The number of phenols is 1. The molecule has 0 saturated heterocycles. The fraction of sp³-hybridized carbons (Fsp3) is 0.308. The van der Waals surface area contributed by atoms with Crippen LogP contribution in [0.4, 0.5) is 0 Å². The van der Waals surface area contributed by atoms with Crippen molar-refractivity contribution in [2.45, 2.75) is 19.4 Å². The van der Waals surface area contributed by atoms with E-state index in [1.165, 1.54) is 0 Å². The predicted octanol–water partition coefficient (Wildman–Crippen LogP) is 2.88. The number of unbranched alkanes of at least 4 members (excludes halogenated alkanes) is 1. The molecule has 1 N–H and O–H groups in total. The molecule has 90 valence electrons. The van der Waals surface area contributed by atoms with Gasteiger partial charge in [0.1, 0.15) is 5.75 Å². The Morgan fingerprint density at radius 1 is 1.18 bits per heavy atom. The highest BCUT2D eigenvalue weighted by atomic mass is 79.9. The molecular formula is C13H14BrNO2. The molecule has 2 rings (SSSR count). The quantitative estimate of drug-likeness (QED) is 0.696. The van der Waals surface area contributed by atoms with Gasteiger partial charge >= 0.3 is 0 Å². The van der Waals surface area contributed by atoms with E-state index in [0.717, 1.165) is 29.1 Å². The van der Waals surface area contributed by atoms with E-state index in [0.29, 0.717) is 6.54 Å². The summed E-state index contributed by atoms with van der Waals surface area (Å²) in [5.41, 5.74) is 0.782. The van der Waals surface area contributed by atoms with Crippen molar-refractivity contribution in [1.82, 2.24) is 4.57 Å². The smallest absolute Gasteiger partial charge is 0.251 e. The Kier molecular flexibility index (Phi) is 3.84. The molecule has 1 heterocycles. The zero-order valence-electron chi connectivity index (χ0n) is 9.40. The van der Waals surface area contributed by atoms with Crippen LogP contribution in [0, 0.1) is 0 Å². The lowest BCUT2D eigenvalue weighted by Gasteiger charge is -2.09. The minimum absolute atomic E-state index is 0.0160. The van der Waals surface area contributed by atoms with Crippen LogP contribution in [-0.2, 0) is 6.54 Å². The number of rotatable bonds is 4. The maximum Gasteiger partial charge on any atom is 0.251 e. The van der Waals surface area contributed by atoms with Gasteiger partial charge in [0.05, 0.1) is 5.52 Å². The number of hydrogen-bond donors (Lipinski definition) is 1. The lowest BCUT2D eigenvalue weighted by Crippen LogP contribution is -2.19. The number of phenolic OH excluding ortho intramolecular Hbond substituents is 1. The summed E-state index contributed by atoms with van der Waals surface area (Å²) in [7, 11) is 0. The predicted molar refractivity (Wildman–Crippen MR) is 72.9 cm³/mol. The molecule has 0 aliphatic heterocycles. The average molecular weight is 296 g/mol. The number of halogens is 1. The number of aryl methyl sites for hydroxylation is 1. The molecule has 0 atom stereocenters. The SMILES string of the molecule is O=c1ccc2ccc(O)cc2n1CCCCBr. The Labute approximate surface area is 108 Å². The van der Waals surface area contributed by atoms with Gasteiger partial charge in [-0.05, 0) is 36.4 Å². The summed E-state index contributed by atoms with van der Waals surface area (Å²) in [5, 5.41) is 11.4. The fourth-order valence-electron chi connectivity index (χ4n) is 1.87. The molecule has 3 nitrogen and oxygen atoms in total. The van der Waals surface area contributed by atoms with E-state index in [-0.39, 0.29) is 11.3 Å². The summed E-state index contributed by atoms with van der Waals surface area (Å²) in [6.45, 7) is 0.686.